The highest BCUT2D eigenvalue weighted by Crippen LogP contribution is 2.33. The molecule has 1 saturated carbocycles. The van der Waals surface area contributed by atoms with Gasteiger partial charge in [0.15, 0.2) is 5.13 Å². The minimum atomic E-state index is -0.132. The number of rotatable bonds is 5. The van der Waals surface area contributed by atoms with E-state index in [4.69, 9.17) is 0 Å². The molecule has 5 rings (SSSR count). The average molecular weight is 423 g/mol. The maximum absolute atomic E-state index is 12.7. The van der Waals surface area contributed by atoms with Crippen molar-refractivity contribution in [3.05, 3.63) is 51.5 Å². The number of para-hydroxylation sites is 1. The van der Waals surface area contributed by atoms with Gasteiger partial charge in [0, 0.05) is 36.7 Å². The second-order valence-corrected chi connectivity index (χ2v) is 8.81. The van der Waals surface area contributed by atoms with E-state index >= 15 is 0 Å². The van der Waals surface area contributed by atoms with Crippen molar-refractivity contribution < 1.29 is 9.59 Å². The number of benzene rings is 1. The quantitative estimate of drug-likeness (QED) is 0.678. The monoisotopic (exact) mass is 423 g/mol. The Bertz CT molecular complexity index is 1200. The second-order valence-electron chi connectivity index (χ2n) is 7.73. The van der Waals surface area contributed by atoms with Crippen molar-refractivity contribution in [3.63, 3.8) is 0 Å². The third-order valence-corrected chi connectivity index (χ3v) is 6.56. The normalized spacial score (nSPS) is 15.8. The van der Waals surface area contributed by atoms with E-state index in [2.05, 4.69) is 15.3 Å². The summed E-state index contributed by atoms with van der Waals surface area (Å²) in [5.74, 6) is 0.179. The number of anilines is 1. The Morgan fingerprint density at radius 2 is 2.07 bits per heavy atom. The standard InChI is InChI=1S/C21H21N5O3S/c27-18(8-10-26-12-22-15-4-2-1-3-14(15)20(26)29)25-9-7-16-17(11-25)30-21(23-16)24-19(28)13-5-6-13/h1-4,12-13H,5-11H2,(H,23,24,28). The lowest BCUT2D eigenvalue weighted by Crippen LogP contribution is -2.36. The zero-order valence-corrected chi connectivity index (χ0v) is 17.2. The molecule has 0 saturated heterocycles. The van der Waals surface area contributed by atoms with E-state index < -0.39 is 0 Å². The summed E-state index contributed by atoms with van der Waals surface area (Å²) in [6.07, 6.45) is 4.32. The van der Waals surface area contributed by atoms with Crippen LogP contribution < -0.4 is 10.9 Å². The van der Waals surface area contributed by atoms with Gasteiger partial charge in [-0.3, -0.25) is 19.0 Å². The van der Waals surface area contributed by atoms with Crippen molar-refractivity contribution in [2.24, 2.45) is 5.92 Å². The fraction of sp³-hybridized carbons (Fsp3) is 0.381. The highest BCUT2D eigenvalue weighted by molar-refractivity contribution is 7.15. The first kappa shape index (κ1) is 18.9. The van der Waals surface area contributed by atoms with E-state index in [-0.39, 0.29) is 29.7 Å². The van der Waals surface area contributed by atoms with Gasteiger partial charge >= 0.3 is 0 Å². The van der Waals surface area contributed by atoms with Crippen LogP contribution in [-0.4, -0.2) is 37.8 Å². The molecule has 1 aliphatic carbocycles. The summed E-state index contributed by atoms with van der Waals surface area (Å²) in [5, 5.41) is 4.07. The molecular formula is C21H21N5O3S. The fourth-order valence-electron chi connectivity index (χ4n) is 3.65. The smallest absolute Gasteiger partial charge is 0.261 e. The summed E-state index contributed by atoms with van der Waals surface area (Å²) < 4.78 is 1.49. The number of nitrogens with one attached hydrogen (secondary N) is 1. The Morgan fingerprint density at radius 3 is 2.90 bits per heavy atom. The molecule has 0 bridgehead atoms. The predicted octanol–water partition coefficient (Wildman–Crippen LogP) is 2.18. The summed E-state index contributed by atoms with van der Waals surface area (Å²) in [4.78, 5) is 48.9. The second kappa shape index (κ2) is 7.64. The first-order valence-electron chi connectivity index (χ1n) is 10.1. The van der Waals surface area contributed by atoms with Gasteiger partial charge in [0.25, 0.3) is 5.56 Å². The molecule has 1 aliphatic heterocycles. The van der Waals surface area contributed by atoms with Crippen molar-refractivity contribution in [2.75, 3.05) is 11.9 Å². The zero-order chi connectivity index (χ0) is 20.7. The van der Waals surface area contributed by atoms with E-state index in [1.807, 2.05) is 12.1 Å². The third-order valence-electron chi connectivity index (χ3n) is 5.56. The van der Waals surface area contributed by atoms with Gasteiger partial charge in [0.2, 0.25) is 11.8 Å². The van der Waals surface area contributed by atoms with Crippen LogP contribution in [-0.2, 0) is 29.1 Å². The Balaban J connectivity index is 1.22. The highest BCUT2D eigenvalue weighted by Gasteiger charge is 2.31. The minimum absolute atomic E-state index is 0.00215. The molecule has 2 amide bonds. The van der Waals surface area contributed by atoms with Crippen molar-refractivity contribution in [2.45, 2.75) is 38.8 Å². The molecule has 9 heteroatoms. The molecule has 0 unspecified atom stereocenters. The molecule has 0 atom stereocenters. The lowest BCUT2D eigenvalue weighted by atomic mass is 10.1. The summed E-state index contributed by atoms with van der Waals surface area (Å²) in [6, 6.07) is 7.20. The Hall–Kier alpha value is -3.07. The van der Waals surface area contributed by atoms with Gasteiger partial charge in [-0.1, -0.05) is 23.5 Å². The van der Waals surface area contributed by atoms with Crippen molar-refractivity contribution in [1.29, 1.82) is 0 Å². The van der Waals surface area contributed by atoms with E-state index in [0.29, 0.717) is 42.1 Å². The lowest BCUT2D eigenvalue weighted by molar-refractivity contribution is -0.132. The summed E-state index contributed by atoms with van der Waals surface area (Å²) in [5.41, 5.74) is 1.49. The number of thiazole rings is 1. The van der Waals surface area contributed by atoms with Gasteiger partial charge in [-0.25, -0.2) is 9.97 Å². The van der Waals surface area contributed by atoms with E-state index in [9.17, 15) is 14.4 Å². The first-order chi connectivity index (χ1) is 14.6. The summed E-state index contributed by atoms with van der Waals surface area (Å²) in [6.45, 7) is 1.39. The maximum Gasteiger partial charge on any atom is 0.261 e. The molecule has 3 heterocycles. The molecule has 154 valence electrons. The number of carbonyl (C=O) groups excluding carboxylic acids is 2. The Morgan fingerprint density at radius 1 is 1.23 bits per heavy atom. The summed E-state index contributed by atoms with van der Waals surface area (Å²) in [7, 11) is 0. The molecule has 0 radical (unpaired) electrons. The van der Waals surface area contributed by atoms with Crippen molar-refractivity contribution >= 4 is 39.2 Å². The van der Waals surface area contributed by atoms with Gasteiger partial charge in [-0.15, -0.1) is 0 Å². The van der Waals surface area contributed by atoms with Crippen LogP contribution in [0.25, 0.3) is 10.9 Å². The number of amides is 2. The van der Waals surface area contributed by atoms with Crippen molar-refractivity contribution in [3.8, 4) is 0 Å². The van der Waals surface area contributed by atoms with E-state index in [1.54, 1.807) is 17.0 Å². The van der Waals surface area contributed by atoms with Crippen molar-refractivity contribution in [1.82, 2.24) is 19.4 Å². The number of nitrogens with zero attached hydrogens (tertiary/aromatic N) is 4. The highest BCUT2D eigenvalue weighted by atomic mass is 32.1. The van der Waals surface area contributed by atoms with Crippen LogP contribution in [0, 0.1) is 5.92 Å². The predicted molar refractivity (Wildman–Crippen MR) is 113 cm³/mol. The van der Waals surface area contributed by atoms with Crippen LogP contribution in [0.1, 0.15) is 29.8 Å². The third kappa shape index (κ3) is 3.72. The first-order valence-corrected chi connectivity index (χ1v) is 10.9. The van der Waals surface area contributed by atoms with E-state index in [1.165, 1.54) is 22.2 Å². The van der Waals surface area contributed by atoms with E-state index in [0.717, 1.165) is 23.4 Å². The molecule has 3 aromatic rings. The van der Waals surface area contributed by atoms with Crippen LogP contribution in [0.2, 0.25) is 0 Å². The molecule has 2 aliphatic rings. The maximum atomic E-state index is 12.7. The van der Waals surface area contributed by atoms with Crippen LogP contribution in [0.4, 0.5) is 5.13 Å². The molecule has 2 aromatic heterocycles. The molecule has 8 nitrogen and oxygen atoms in total. The number of hydrogen-bond acceptors (Lipinski definition) is 6. The van der Waals surface area contributed by atoms with Gasteiger partial charge < -0.3 is 10.2 Å². The molecular weight excluding hydrogens is 402 g/mol. The van der Waals surface area contributed by atoms with Gasteiger partial charge in [0.1, 0.15) is 0 Å². The van der Waals surface area contributed by atoms with Gasteiger partial charge in [-0.05, 0) is 25.0 Å². The Kier molecular flexibility index (Phi) is 4.82. The summed E-state index contributed by atoms with van der Waals surface area (Å²) >= 11 is 1.45. The fourth-order valence-corrected chi connectivity index (χ4v) is 4.68. The number of aryl methyl sites for hydroxylation is 1. The lowest BCUT2D eigenvalue weighted by Gasteiger charge is -2.26. The van der Waals surface area contributed by atoms with Crippen LogP contribution in [0.5, 0.6) is 0 Å². The zero-order valence-electron chi connectivity index (χ0n) is 16.3. The number of carbonyl (C=O) groups is 2. The molecule has 30 heavy (non-hydrogen) atoms. The minimum Gasteiger partial charge on any atom is -0.337 e. The number of aromatic nitrogens is 3. The largest absolute Gasteiger partial charge is 0.337 e. The van der Waals surface area contributed by atoms with Gasteiger partial charge in [-0.2, -0.15) is 0 Å². The van der Waals surface area contributed by atoms with Crippen LogP contribution >= 0.6 is 11.3 Å². The van der Waals surface area contributed by atoms with Gasteiger partial charge in [0.05, 0.1) is 29.5 Å². The number of fused-ring (bicyclic) bond motifs is 2. The topological polar surface area (TPSA) is 97.2 Å². The Labute approximate surface area is 176 Å². The SMILES string of the molecule is O=C(Nc1nc2c(s1)CN(C(=O)CCn1cnc3ccccc3c1=O)CC2)C1CC1. The molecule has 1 N–H and O–H groups in total. The average Bonchev–Trinajstić information content (AvgIpc) is 3.53. The molecule has 0 spiro atoms. The molecule has 1 aromatic carbocycles. The molecule has 1 fully saturated rings. The van der Waals surface area contributed by atoms with Crippen LogP contribution in [0.3, 0.4) is 0 Å². The number of hydrogen-bond donors (Lipinski definition) is 1. The van der Waals surface area contributed by atoms with Crippen LogP contribution in [0.15, 0.2) is 35.4 Å².